The number of nitriles is 1. The highest BCUT2D eigenvalue weighted by atomic mass is 16.5. The molecule has 2 rings (SSSR count). The minimum Gasteiger partial charge on any atom is -0.497 e. The predicted molar refractivity (Wildman–Crippen MR) is 111 cm³/mol. The first-order chi connectivity index (χ1) is 13.9. The maximum atomic E-state index is 12.7. The van der Waals surface area contributed by atoms with Gasteiger partial charge in [0.25, 0.3) is 5.91 Å². The van der Waals surface area contributed by atoms with E-state index in [0.29, 0.717) is 5.75 Å². The Balaban J connectivity index is 2.37. The fraction of sp³-hybridized carbons (Fsp3) is 0.318. The smallest absolute Gasteiger partial charge is 0.340 e. The normalized spacial score (nSPS) is 11.0. The summed E-state index contributed by atoms with van der Waals surface area (Å²) in [5.74, 6) is -0.782. The van der Waals surface area contributed by atoms with Gasteiger partial charge >= 0.3 is 5.97 Å². The largest absolute Gasteiger partial charge is 0.497 e. The second kappa shape index (κ2) is 9.60. The molecule has 1 heterocycles. The molecule has 0 aliphatic rings. The number of carbonyl (C=O) groups excluding carboxylic acids is 2. The van der Waals surface area contributed by atoms with E-state index in [1.54, 1.807) is 12.1 Å². The molecule has 1 N–H and O–H groups in total. The predicted octanol–water partition coefficient (Wildman–Crippen LogP) is 3.86. The van der Waals surface area contributed by atoms with Gasteiger partial charge in [-0.15, -0.1) is 0 Å². The Kier molecular flexibility index (Phi) is 7.21. The monoisotopic (exact) mass is 395 g/mol. The first-order valence-electron chi connectivity index (χ1n) is 9.22. The van der Waals surface area contributed by atoms with Crippen LogP contribution < -0.4 is 10.1 Å². The van der Waals surface area contributed by atoms with Gasteiger partial charge in [-0.05, 0) is 56.2 Å². The van der Waals surface area contributed by atoms with Gasteiger partial charge in [-0.25, -0.2) is 4.79 Å². The summed E-state index contributed by atoms with van der Waals surface area (Å²) in [6.07, 6.45) is 2.55. The third-order valence-electron chi connectivity index (χ3n) is 4.61. The number of amides is 1. The molecule has 7 heteroatoms. The summed E-state index contributed by atoms with van der Waals surface area (Å²) in [5, 5.41) is 12.1. The van der Waals surface area contributed by atoms with Crippen LogP contribution in [0, 0.1) is 25.2 Å². The molecule has 0 unspecified atom stereocenters. The summed E-state index contributed by atoms with van der Waals surface area (Å²) in [6.45, 7) is 6.91. The van der Waals surface area contributed by atoms with Crippen LogP contribution in [-0.2, 0) is 16.1 Å². The lowest BCUT2D eigenvalue weighted by Crippen LogP contribution is -2.16. The van der Waals surface area contributed by atoms with Crippen molar-refractivity contribution in [3.63, 3.8) is 0 Å². The Morgan fingerprint density at radius 3 is 2.55 bits per heavy atom. The SMILES string of the molecule is CCCn1c(C)cc(/C=C(/C#N)C(=O)Nc2ccc(OC)cc2C(=O)OC)c1C. The molecule has 2 aromatic rings. The molecule has 0 spiro atoms. The van der Waals surface area contributed by atoms with Crippen molar-refractivity contribution in [2.45, 2.75) is 33.7 Å². The molecular weight excluding hydrogens is 370 g/mol. The third-order valence-corrected chi connectivity index (χ3v) is 4.61. The number of methoxy groups -OCH3 is 2. The zero-order valence-corrected chi connectivity index (χ0v) is 17.3. The van der Waals surface area contributed by atoms with Crippen molar-refractivity contribution >= 4 is 23.6 Å². The standard InChI is InChI=1S/C22H25N3O4/c1-6-9-25-14(2)10-16(15(25)3)11-17(13-23)21(26)24-20-8-7-18(28-4)12-19(20)22(27)29-5/h7-8,10-12H,6,9H2,1-5H3,(H,24,26)/b17-11-. The van der Waals surface area contributed by atoms with Gasteiger partial charge in [0.2, 0.25) is 0 Å². The number of rotatable bonds is 7. The van der Waals surface area contributed by atoms with Gasteiger partial charge in [-0.2, -0.15) is 5.26 Å². The quantitative estimate of drug-likeness (QED) is 0.437. The van der Waals surface area contributed by atoms with E-state index < -0.39 is 11.9 Å². The number of aromatic nitrogens is 1. The number of aryl methyl sites for hydroxylation is 1. The topological polar surface area (TPSA) is 93.4 Å². The van der Waals surface area contributed by atoms with Gasteiger partial charge in [0.15, 0.2) is 0 Å². The Morgan fingerprint density at radius 2 is 1.97 bits per heavy atom. The molecule has 152 valence electrons. The first kappa shape index (κ1) is 21.8. The van der Waals surface area contributed by atoms with E-state index in [1.807, 2.05) is 26.0 Å². The maximum absolute atomic E-state index is 12.7. The maximum Gasteiger partial charge on any atom is 0.340 e. The van der Waals surface area contributed by atoms with Crippen LogP contribution in [0.5, 0.6) is 5.75 Å². The van der Waals surface area contributed by atoms with Crippen molar-refractivity contribution in [2.75, 3.05) is 19.5 Å². The zero-order chi connectivity index (χ0) is 21.6. The number of carbonyl (C=O) groups is 2. The van der Waals surface area contributed by atoms with Crippen molar-refractivity contribution in [3.05, 3.63) is 52.4 Å². The first-order valence-corrected chi connectivity index (χ1v) is 9.22. The molecule has 0 radical (unpaired) electrons. The molecule has 0 aliphatic carbocycles. The molecule has 1 aromatic carbocycles. The second-order valence-electron chi connectivity index (χ2n) is 6.51. The van der Waals surface area contributed by atoms with Crippen LogP contribution in [0.2, 0.25) is 0 Å². The van der Waals surface area contributed by atoms with Crippen LogP contribution in [0.1, 0.15) is 40.7 Å². The lowest BCUT2D eigenvalue weighted by Gasteiger charge is -2.11. The van der Waals surface area contributed by atoms with Crippen molar-refractivity contribution in [1.29, 1.82) is 5.26 Å². The molecule has 0 saturated carbocycles. The number of anilines is 1. The minimum atomic E-state index is -0.621. The van der Waals surface area contributed by atoms with E-state index in [0.717, 1.165) is 29.9 Å². The molecule has 0 saturated heterocycles. The van der Waals surface area contributed by atoms with Gasteiger partial charge < -0.3 is 19.4 Å². The summed E-state index contributed by atoms with van der Waals surface area (Å²) in [4.78, 5) is 24.8. The highest BCUT2D eigenvalue weighted by molar-refractivity contribution is 6.12. The van der Waals surface area contributed by atoms with Crippen molar-refractivity contribution in [2.24, 2.45) is 0 Å². The number of hydrogen-bond acceptors (Lipinski definition) is 5. The lowest BCUT2D eigenvalue weighted by atomic mass is 10.1. The van der Waals surface area contributed by atoms with Crippen LogP contribution in [0.15, 0.2) is 29.8 Å². The van der Waals surface area contributed by atoms with Crippen molar-refractivity contribution in [3.8, 4) is 11.8 Å². The number of benzene rings is 1. The third kappa shape index (κ3) is 4.85. The van der Waals surface area contributed by atoms with E-state index in [4.69, 9.17) is 9.47 Å². The van der Waals surface area contributed by atoms with Gasteiger partial charge in [0.05, 0.1) is 25.5 Å². The molecule has 7 nitrogen and oxygen atoms in total. The molecule has 0 bridgehead atoms. The molecule has 1 aromatic heterocycles. The molecule has 29 heavy (non-hydrogen) atoms. The molecule has 0 atom stereocenters. The zero-order valence-electron chi connectivity index (χ0n) is 17.3. The Labute approximate surface area is 170 Å². The number of nitrogens with zero attached hydrogens (tertiary/aromatic N) is 2. The van der Waals surface area contributed by atoms with Crippen LogP contribution in [-0.4, -0.2) is 30.7 Å². The average molecular weight is 395 g/mol. The van der Waals surface area contributed by atoms with E-state index in [2.05, 4.69) is 16.8 Å². The number of esters is 1. The average Bonchev–Trinajstić information content (AvgIpc) is 2.99. The Bertz CT molecular complexity index is 996. The Morgan fingerprint density at radius 1 is 1.24 bits per heavy atom. The summed E-state index contributed by atoms with van der Waals surface area (Å²) in [5.41, 5.74) is 3.18. The van der Waals surface area contributed by atoms with Gasteiger partial charge in [-0.3, -0.25) is 4.79 Å². The van der Waals surface area contributed by atoms with Crippen molar-refractivity contribution in [1.82, 2.24) is 4.57 Å². The fourth-order valence-electron chi connectivity index (χ4n) is 3.07. The molecular formula is C22H25N3O4. The molecule has 1 amide bonds. The molecule has 0 aliphatic heterocycles. The summed E-state index contributed by atoms with van der Waals surface area (Å²) >= 11 is 0. The van der Waals surface area contributed by atoms with Crippen molar-refractivity contribution < 1.29 is 19.1 Å². The Hall–Kier alpha value is -3.53. The van der Waals surface area contributed by atoms with Crippen LogP contribution >= 0.6 is 0 Å². The van der Waals surface area contributed by atoms with Gasteiger partial charge in [0.1, 0.15) is 17.4 Å². The highest BCUT2D eigenvalue weighted by Gasteiger charge is 2.18. The lowest BCUT2D eigenvalue weighted by molar-refractivity contribution is -0.112. The van der Waals surface area contributed by atoms with Gasteiger partial charge in [-0.1, -0.05) is 6.92 Å². The number of nitrogens with one attached hydrogen (secondary N) is 1. The van der Waals surface area contributed by atoms with Gasteiger partial charge in [0, 0.05) is 17.9 Å². The van der Waals surface area contributed by atoms with E-state index in [1.165, 1.54) is 26.4 Å². The number of hydrogen-bond donors (Lipinski definition) is 1. The molecule has 0 fully saturated rings. The van der Waals surface area contributed by atoms with Crippen LogP contribution in [0.4, 0.5) is 5.69 Å². The summed E-state index contributed by atoms with van der Waals surface area (Å²) < 4.78 is 12.0. The minimum absolute atomic E-state index is 0.0617. The van der Waals surface area contributed by atoms with E-state index in [-0.39, 0.29) is 16.8 Å². The summed E-state index contributed by atoms with van der Waals surface area (Å²) in [6, 6.07) is 8.50. The van der Waals surface area contributed by atoms with Crippen LogP contribution in [0.3, 0.4) is 0 Å². The second-order valence-corrected chi connectivity index (χ2v) is 6.51. The highest BCUT2D eigenvalue weighted by Crippen LogP contribution is 2.24. The number of ether oxygens (including phenoxy) is 2. The van der Waals surface area contributed by atoms with Crippen LogP contribution in [0.25, 0.3) is 6.08 Å². The van der Waals surface area contributed by atoms with E-state index in [9.17, 15) is 14.9 Å². The summed E-state index contributed by atoms with van der Waals surface area (Å²) in [7, 11) is 2.72. The van der Waals surface area contributed by atoms with E-state index >= 15 is 0 Å². The fourth-order valence-corrected chi connectivity index (χ4v) is 3.07.